The molecule has 72 valence electrons. The summed E-state index contributed by atoms with van der Waals surface area (Å²) >= 11 is 0. The number of hydrogen-bond donors (Lipinski definition) is 0. The lowest BCUT2D eigenvalue weighted by molar-refractivity contribution is 0.144. The predicted molar refractivity (Wildman–Crippen MR) is 49.4 cm³/mol. The Labute approximate surface area is 78.4 Å². The number of rotatable bonds is 0. The maximum Gasteiger partial charge on any atom is 0.410 e. The highest BCUT2D eigenvalue weighted by Crippen LogP contribution is 2.58. The monoisotopic (exact) mass is 181 g/mol. The van der Waals surface area contributed by atoms with Gasteiger partial charge in [-0.2, -0.15) is 0 Å². The quantitative estimate of drug-likeness (QED) is 0.422. The average Bonchev–Trinajstić information content (AvgIpc) is 2.62. The number of methoxy groups -OCH3 is 1. The molecule has 0 aromatic heterocycles. The number of fused-ring (bicyclic) bond motifs is 1. The number of amides is 1. The van der Waals surface area contributed by atoms with Gasteiger partial charge in [-0.15, -0.1) is 0 Å². The van der Waals surface area contributed by atoms with Gasteiger partial charge in [-0.05, 0) is 26.7 Å². The maximum atomic E-state index is 11.4. The van der Waals surface area contributed by atoms with Crippen molar-refractivity contribution in [3.63, 3.8) is 0 Å². The van der Waals surface area contributed by atoms with E-state index in [1.807, 2.05) is 4.90 Å². The molecule has 0 radical (unpaired) electrons. The Morgan fingerprint density at radius 2 is 1.77 bits per heavy atom. The molecule has 1 heterocycles. The lowest BCUT2D eigenvalue weighted by atomic mass is 9.86. The van der Waals surface area contributed by atoms with E-state index in [-0.39, 0.29) is 17.2 Å². The highest BCUT2D eigenvalue weighted by Gasteiger charge is 2.71. The second-order valence-corrected chi connectivity index (χ2v) is 4.23. The van der Waals surface area contributed by atoms with Gasteiger partial charge in [0.1, 0.15) is 0 Å². The van der Waals surface area contributed by atoms with E-state index < -0.39 is 0 Å². The van der Waals surface area contributed by atoms with Crippen LogP contribution < -0.4 is 0 Å². The number of nitrogens with zero attached hydrogens (tertiary/aromatic N) is 1. The highest BCUT2D eigenvalue weighted by atomic mass is 16.5. The van der Waals surface area contributed by atoms with E-state index in [2.05, 4.69) is 26.0 Å². The van der Waals surface area contributed by atoms with Gasteiger partial charge in [0.2, 0.25) is 0 Å². The Morgan fingerprint density at radius 1 is 1.31 bits per heavy atom. The van der Waals surface area contributed by atoms with E-state index in [1.54, 1.807) is 0 Å². The van der Waals surface area contributed by atoms with Crippen LogP contribution >= 0.6 is 0 Å². The van der Waals surface area contributed by atoms with Crippen LogP contribution in [0.3, 0.4) is 0 Å². The van der Waals surface area contributed by atoms with Crippen molar-refractivity contribution >= 4 is 6.09 Å². The van der Waals surface area contributed by atoms with Crippen molar-refractivity contribution in [2.75, 3.05) is 7.11 Å². The minimum atomic E-state index is -0.200. The van der Waals surface area contributed by atoms with E-state index in [0.717, 1.165) is 12.8 Å². The molecule has 0 bridgehead atoms. The molecule has 1 fully saturated rings. The normalized spacial score (nSPS) is 41.3. The van der Waals surface area contributed by atoms with Gasteiger partial charge in [0.15, 0.2) is 0 Å². The second kappa shape index (κ2) is 2.28. The SMILES string of the molecule is COC(=O)N1[C@]2(C)CC=CC[C@]12C. The van der Waals surface area contributed by atoms with Crippen molar-refractivity contribution in [1.82, 2.24) is 4.90 Å². The Kier molecular flexibility index (Phi) is 1.51. The summed E-state index contributed by atoms with van der Waals surface area (Å²) in [6.45, 7) is 4.24. The van der Waals surface area contributed by atoms with Gasteiger partial charge < -0.3 is 4.74 Å². The van der Waals surface area contributed by atoms with Crippen molar-refractivity contribution in [1.29, 1.82) is 0 Å². The summed E-state index contributed by atoms with van der Waals surface area (Å²) in [5, 5.41) is 0. The second-order valence-electron chi connectivity index (χ2n) is 4.23. The smallest absolute Gasteiger partial charge is 0.410 e. The van der Waals surface area contributed by atoms with Crippen LogP contribution in [0.15, 0.2) is 12.2 Å². The highest BCUT2D eigenvalue weighted by molar-refractivity contribution is 5.75. The van der Waals surface area contributed by atoms with Crippen LogP contribution in [0.25, 0.3) is 0 Å². The zero-order valence-electron chi connectivity index (χ0n) is 8.33. The maximum absolute atomic E-state index is 11.4. The van der Waals surface area contributed by atoms with E-state index in [0.29, 0.717) is 0 Å². The summed E-state index contributed by atoms with van der Waals surface area (Å²) in [5.41, 5.74) is -0.0102. The Bertz CT molecular complexity index is 267. The van der Waals surface area contributed by atoms with Gasteiger partial charge in [0, 0.05) is 0 Å². The number of hydrogen-bond acceptors (Lipinski definition) is 2. The summed E-state index contributed by atoms with van der Waals surface area (Å²) in [6.07, 6.45) is 5.97. The first kappa shape index (κ1) is 8.60. The third-order valence-corrected chi connectivity index (χ3v) is 3.65. The fourth-order valence-electron chi connectivity index (χ4n) is 2.47. The fourth-order valence-corrected chi connectivity index (χ4v) is 2.47. The molecule has 0 aromatic rings. The molecular formula is C10H15NO2. The van der Waals surface area contributed by atoms with E-state index in [1.165, 1.54) is 7.11 Å². The van der Waals surface area contributed by atoms with Crippen molar-refractivity contribution in [2.45, 2.75) is 37.8 Å². The molecule has 13 heavy (non-hydrogen) atoms. The molecule has 1 aliphatic carbocycles. The van der Waals surface area contributed by atoms with E-state index >= 15 is 0 Å². The van der Waals surface area contributed by atoms with Gasteiger partial charge >= 0.3 is 6.09 Å². The first-order valence-electron chi connectivity index (χ1n) is 4.59. The molecule has 0 N–H and O–H groups in total. The van der Waals surface area contributed by atoms with Gasteiger partial charge in [-0.3, -0.25) is 4.90 Å². The Hall–Kier alpha value is -0.990. The predicted octanol–water partition coefficient (Wildman–Crippen LogP) is 1.94. The minimum Gasteiger partial charge on any atom is -0.453 e. The standard InChI is InChI=1S/C10H15NO2/c1-9-6-4-5-7-10(9,2)11(9)8(12)13-3/h4-5H,6-7H2,1-3H3/t9-,10+,11?. The zero-order valence-corrected chi connectivity index (χ0v) is 8.33. The van der Waals surface area contributed by atoms with Crippen molar-refractivity contribution < 1.29 is 9.53 Å². The first-order chi connectivity index (χ1) is 6.06. The van der Waals surface area contributed by atoms with Crippen LogP contribution in [-0.2, 0) is 4.74 Å². The average molecular weight is 181 g/mol. The minimum absolute atomic E-state index is 0.00512. The van der Waals surface area contributed by atoms with Crippen LogP contribution in [0, 0.1) is 0 Å². The fraction of sp³-hybridized carbons (Fsp3) is 0.700. The first-order valence-corrected chi connectivity index (χ1v) is 4.59. The van der Waals surface area contributed by atoms with Crippen LogP contribution in [-0.4, -0.2) is 29.2 Å². The molecule has 2 rings (SSSR count). The van der Waals surface area contributed by atoms with E-state index in [4.69, 9.17) is 4.74 Å². The van der Waals surface area contributed by atoms with Crippen LogP contribution in [0.5, 0.6) is 0 Å². The van der Waals surface area contributed by atoms with Gasteiger partial charge in [0.05, 0.1) is 18.2 Å². The van der Waals surface area contributed by atoms with Crippen molar-refractivity contribution in [2.24, 2.45) is 0 Å². The topological polar surface area (TPSA) is 29.3 Å². The number of carbonyl (C=O) groups excluding carboxylic acids is 1. The van der Waals surface area contributed by atoms with Crippen molar-refractivity contribution in [3.8, 4) is 0 Å². The molecule has 0 saturated carbocycles. The zero-order chi connectivity index (χ0) is 9.69. The third-order valence-electron chi connectivity index (χ3n) is 3.65. The molecule has 1 saturated heterocycles. The van der Waals surface area contributed by atoms with E-state index in [9.17, 15) is 4.79 Å². The van der Waals surface area contributed by atoms with Gasteiger partial charge in [0.25, 0.3) is 0 Å². The molecule has 1 amide bonds. The van der Waals surface area contributed by atoms with Crippen molar-refractivity contribution in [3.05, 3.63) is 12.2 Å². The molecule has 0 aromatic carbocycles. The van der Waals surface area contributed by atoms with Crippen LogP contribution in [0.1, 0.15) is 26.7 Å². The molecule has 2 aliphatic rings. The molecular weight excluding hydrogens is 166 g/mol. The third kappa shape index (κ3) is 0.820. The summed E-state index contributed by atoms with van der Waals surface area (Å²) < 4.78 is 4.76. The summed E-state index contributed by atoms with van der Waals surface area (Å²) in [6, 6.07) is 0. The Morgan fingerprint density at radius 3 is 2.15 bits per heavy atom. The molecule has 3 nitrogen and oxygen atoms in total. The van der Waals surface area contributed by atoms with Crippen LogP contribution in [0.4, 0.5) is 4.79 Å². The largest absolute Gasteiger partial charge is 0.453 e. The lowest BCUT2D eigenvalue weighted by Crippen LogP contribution is -2.20. The summed E-state index contributed by atoms with van der Waals surface area (Å²) in [7, 11) is 1.44. The Balaban J connectivity index is 2.24. The lowest BCUT2D eigenvalue weighted by Gasteiger charge is -2.13. The summed E-state index contributed by atoms with van der Waals surface area (Å²) in [4.78, 5) is 13.3. The molecule has 0 unspecified atom stereocenters. The molecule has 0 spiro atoms. The number of carbonyl (C=O) groups is 1. The van der Waals surface area contributed by atoms with Gasteiger partial charge in [-0.25, -0.2) is 4.79 Å². The number of ether oxygens (including phenoxy) is 1. The molecule has 1 aliphatic heterocycles. The molecule has 2 atom stereocenters. The van der Waals surface area contributed by atoms with Gasteiger partial charge in [-0.1, -0.05) is 12.2 Å². The molecule has 3 heteroatoms. The summed E-state index contributed by atoms with van der Waals surface area (Å²) in [5.74, 6) is 0. The van der Waals surface area contributed by atoms with Crippen LogP contribution in [0.2, 0.25) is 0 Å².